The maximum atomic E-state index is 4.38. The van der Waals surface area contributed by atoms with Gasteiger partial charge in [0.1, 0.15) is 0 Å². The zero-order valence-corrected chi connectivity index (χ0v) is 7.45. The molecule has 2 nitrogen and oxygen atoms in total. The number of hydrogen-bond donors (Lipinski definition) is 0. The molecule has 0 saturated carbocycles. The molecule has 0 spiro atoms. The van der Waals surface area contributed by atoms with Crippen molar-refractivity contribution >= 4 is 16.9 Å². The predicted octanol–water partition coefficient (Wildman–Crippen LogP) is 1.43. The molecule has 1 rings (SSSR count). The lowest BCUT2D eigenvalue weighted by Crippen LogP contribution is -2.26. The minimum Gasteiger partial charge on any atom is -0.352 e. The van der Waals surface area contributed by atoms with E-state index in [4.69, 9.17) is 0 Å². The molecule has 0 bridgehead atoms. The number of amidine groups is 1. The van der Waals surface area contributed by atoms with Crippen LogP contribution in [0.25, 0.3) is 0 Å². The summed E-state index contributed by atoms with van der Waals surface area (Å²) in [5.41, 5.74) is 0. The molecule has 1 aliphatic heterocycles. The van der Waals surface area contributed by atoms with Gasteiger partial charge in [0.05, 0.1) is 6.54 Å². The van der Waals surface area contributed by atoms with Gasteiger partial charge in [0.15, 0.2) is 5.17 Å². The summed E-state index contributed by atoms with van der Waals surface area (Å²) < 4.78 is 0. The Hall–Kier alpha value is -0.180. The average Bonchev–Trinajstić information content (AvgIpc) is 2.43. The van der Waals surface area contributed by atoms with Gasteiger partial charge in [0, 0.05) is 18.8 Å². The molecule has 1 aliphatic rings. The van der Waals surface area contributed by atoms with Crippen LogP contribution in [0.15, 0.2) is 4.99 Å². The third kappa shape index (κ3) is 1.66. The van der Waals surface area contributed by atoms with Gasteiger partial charge in [-0.3, -0.25) is 4.99 Å². The van der Waals surface area contributed by atoms with Crippen LogP contribution in [0.4, 0.5) is 0 Å². The molecule has 0 N–H and O–H groups in total. The second-order valence-corrected chi connectivity index (χ2v) is 3.25. The minimum absolute atomic E-state index is 1.01. The fourth-order valence-corrected chi connectivity index (χ4v) is 2.00. The van der Waals surface area contributed by atoms with Crippen molar-refractivity contribution in [1.82, 2.24) is 4.90 Å². The van der Waals surface area contributed by atoms with Crippen LogP contribution in [0.2, 0.25) is 0 Å². The quantitative estimate of drug-likeness (QED) is 0.604. The molecule has 0 aromatic carbocycles. The minimum atomic E-state index is 1.01. The summed E-state index contributed by atoms with van der Waals surface area (Å²) in [6, 6.07) is 0. The Morgan fingerprint density at radius 3 is 2.60 bits per heavy atom. The molecule has 0 aromatic rings. The van der Waals surface area contributed by atoms with E-state index < -0.39 is 0 Å². The average molecular weight is 158 g/mol. The smallest absolute Gasteiger partial charge is 0.159 e. The molecule has 0 unspecified atom stereocenters. The van der Waals surface area contributed by atoms with Gasteiger partial charge < -0.3 is 4.90 Å². The van der Waals surface area contributed by atoms with Crippen molar-refractivity contribution in [2.45, 2.75) is 13.8 Å². The molecular formula is C7H14N2S. The van der Waals surface area contributed by atoms with Gasteiger partial charge in [-0.25, -0.2) is 0 Å². The normalized spacial score (nSPS) is 17.2. The van der Waals surface area contributed by atoms with Crippen LogP contribution in [0.5, 0.6) is 0 Å². The van der Waals surface area contributed by atoms with Gasteiger partial charge in [-0.2, -0.15) is 0 Å². The first-order valence-corrected chi connectivity index (χ1v) is 4.79. The second-order valence-electron chi connectivity index (χ2n) is 2.19. The van der Waals surface area contributed by atoms with E-state index in [1.54, 1.807) is 0 Å². The topological polar surface area (TPSA) is 15.6 Å². The molecule has 0 fully saturated rings. The van der Waals surface area contributed by atoms with Crippen molar-refractivity contribution in [3.63, 3.8) is 0 Å². The van der Waals surface area contributed by atoms with E-state index in [1.165, 1.54) is 10.9 Å². The Morgan fingerprint density at radius 1 is 1.50 bits per heavy atom. The second kappa shape index (κ2) is 3.86. The van der Waals surface area contributed by atoms with Crippen LogP contribution in [0.3, 0.4) is 0 Å². The van der Waals surface area contributed by atoms with Crippen LogP contribution < -0.4 is 0 Å². The number of rotatable bonds is 2. The van der Waals surface area contributed by atoms with E-state index in [0.717, 1.165) is 19.6 Å². The SMILES string of the molecule is CCN(CC)C1=NCCS1. The van der Waals surface area contributed by atoms with Crippen LogP contribution >= 0.6 is 11.8 Å². The predicted molar refractivity (Wildman–Crippen MR) is 47.7 cm³/mol. The lowest BCUT2D eigenvalue weighted by molar-refractivity contribution is 0.474. The fraction of sp³-hybridized carbons (Fsp3) is 0.857. The maximum absolute atomic E-state index is 4.38. The largest absolute Gasteiger partial charge is 0.352 e. The van der Waals surface area contributed by atoms with Crippen molar-refractivity contribution < 1.29 is 0 Å². The molecule has 0 radical (unpaired) electrons. The summed E-state index contributed by atoms with van der Waals surface area (Å²) in [6.45, 7) is 7.52. The van der Waals surface area contributed by atoms with Gasteiger partial charge in [-0.1, -0.05) is 11.8 Å². The molecule has 0 aliphatic carbocycles. The van der Waals surface area contributed by atoms with Crippen molar-refractivity contribution in [2.24, 2.45) is 4.99 Å². The lowest BCUT2D eigenvalue weighted by Gasteiger charge is -2.18. The van der Waals surface area contributed by atoms with E-state index in [-0.39, 0.29) is 0 Å². The third-order valence-electron chi connectivity index (χ3n) is 1.60. The highest BCUT2D eigenvalue weighted by Gasteiger charge is 2.11. The summed E-state index contributed by atoms with van der Waals surface area (Å²) >= 11 is 1.88. The monoisotopic (exact) mass is 158 g/mol. The molecule has 3 heteroatoms. The first kappa shape index (κ1) is 7.92. The summed E-state index contributed by atoms with van der Waals surface area (Å²) in [4.78, 5) is 6.69. The van der Waals surface area contributed by atoms with E-state index >= 15 is 0 Å². The van der Waals surface area contributed by atoms with Gasteiger partial charge in [-0.05, 0) is 13.8 Å². The van der Waals surface area contributed by atoms with Crippen molar-refractivity contribution in [3.05, 3.63) is 0 Å². The third-order valence-corrected chi connectivity index (χ3v) is 2.64. The van der Waals surface area contributed by atoms with Gasteiger partial charge in [0.25, 0.3) is 0 Å². The Bertz CT molecular complexity index is 130. The Labute approximate surface area is 66.7 Å². The first-order valence-electron chi connectivity index (χ1n) is 3.80. The molecule has 0 saturated heterocycles. The zero-order chi connectivity index (χ0) is 7.40. The molecule has 0 aromatic heterocycles. The fourth-order valence-electron chi connectivity index (χ4n) is 1.01. The summed E-state index contributed by atoms with van der Waals surface area (Å²) in [7, 11) is 0. The van der Waals surface area contributed by atoms with E-state index in [2.05, 4.69) is 23.7 Å². The standard InChI is InChI=1S/C7H14N2S/c1-3-9(4-2)7-8-5-6-10-7/h3-6H2,1-2H3. The van der Waals surface area contributed by atoms with E-state index in [9.17, 15) is 0 Å². The molecule has 0 atom stereocenters. The number of aliphatic imine (C=N–C) groups is 1. The number of nitrogens with zero attached hydrogens (tertiary/aromatic N) is 2. The number of hydrogen-bond acceptors (Lipinski definition) is 3. The first-order chi connectivity index (χ1) is 4.88. The highest BCUT2D eigenvalue weighted by Crippen LogP contribution is 2.14. The number of thioether (sulfide) groups is 1. The van der Waals surface area contributed by atoms with Crippen LogP contribution in [0, 0.1) is 0 Å². The van der Waals surface area contributed by atoms with E-state index in [1.807, 2.05) is 11.8 Å². The highest BCUT2D eigenvalue weighted by molar-refractivity contribution is 8.14. The van der Waals surface area contributed by atoms with E-state index in [0.29, 0.717) is 0 Å². The maximum Gasteiger partial charge on any atom is 0.159 e. The summed E-state index contributed by atoms with van der Waals surface area (Å²) in [6.07, 6.45) is 0. The van der Waals surface area contributed by atoms with Crippen LogP contribution in [0.1, 0.15) is 13.8 Å². The molecule has 58 valence electrons. The van der Waals surface area contributed by atoms with Crippen molar-refractivity contribution in [3.8, 4) is 0 Å². The summed E-state index contributed by atoms with van der Waals surface area (Å²) in [5.74, 6) is 1.17. The molecule has 0 amide bonds. The van der Waals surface area contributed by atoms with Gasteiger partial charge in [-0.15, -0.1) is 0 Å². The molecule has 10 heavy (non-hydrogen) atoms. The lowest BCUT2D eigenvalue weighted by atomic mass is 10.6. The van der Waals surface area contributed by atoms with Gasteiger partial charge >= 0.3 is 0 Å². The highest BCUT2D eigenvalue weighted by atomic mass is 32.2. The van der Waals surface area contributed by atoms with Gasteiger partial charge in [0.2, 0.25) is 0 Å². The van der Waals surface area contributed by atoms with Crippen molar-refractivity contribution in [2.75, 3.05) is 25.4 Å². The Morgan fingerprint density at radius 2 is 2.20 bits per heavy atom. The Kier molecular flexibility index (Phi) is 3.06. The molecular weight excluding hydrogens is 144 g/mol. The Balaban J connectivity index is 2.44. The van der Waals surface area contributed by atoms with Crippen LogP contribution in [-0.2, 0) is 0 Å². The summed E-state index contributed by atoms with van der Waals surface area (Å²) in [5, 5.41) is 1.24. The zero-order valence-electron chi connectivity index (χ0n) is 6.63. The molecule has 1 heterocycles. The van der Waals surface area contributed by atoms with Crippen LogP contribution in [-0.4, -0.2) is 35.5 Å². The van der Waals surface area contributed by atoms with Crippen molar-refractivity contribution in [1.29, 1.82) is 0 Å².